The third-order valence-corrected chi connectivity index (χ3v) is 12.0. The van der Waals surface area contributed by atoms with Crippen LogP contribution in [0.1, 0.15) is 128 Å². The van der Waals surface area contributed by atoms with Crippen LogP contribution in [0.4, 0.5) is 11.4 Å². The van der Waals surface area contributed by atoms with Gasteiger partial charge in [0.05, 0.1) is 0 Å². The Morgan fingerprint density at radius 2 is 0.940 bits per heavy atom. The molecular weight excluding hydrogens is 603 g/mol. The summed E-state index contributed by atoms with van der Waals surface area (Å²) in [7, 11) is 0. The molecule has 1 aliphatic rings. The van der Waals surface area contributed by atoms with E-state index in [1.807, 2.05) is 0 Å². The molecule has 0 radical (unpaired) electrons. The summed E-state index contributed by atoms with van der Waals surface area (Å²) in [6, 6.07) is 43.7. The predicted octanol–water partition coefficient (Wildman–Crippen LogP) is 15.0. The lowest BCUT2D eigenvalue weighted by atomic mass is 9.70. The minimum atomic E-state index is 0.0376. The summed E-state index contributed by atoms with van der Waals surface area (Å²) in [6.07, 6.45) is 15.1. The van der Waals surface area contributed by atoms with Gasteiger partial charge in [0.1, 0.15) is 0 Å². The topological polar surface area (TPSA) is 12.0 Å². The largest absolute Gasteiger partial charge is 0.356 e. The predicted molar refractivity (Wildman–Crippen MR) is 219 cm³/mol. The number of nitrogens with one attached hydrogen (secondary N) is 1. The van der Waals surface area contributed by atoms with Crippen molar-refractivity contribution in [1.82, 2.24) is 0 Å². The van der Waals surface area contributed by atoms with E-state index >= 15 is 0 Å². The highest BCUT2D eigenvalue weighted by molar-refractivity contribution is 5.86. The Labute approximate surface area is 303 Å². The molecule has 0 saturated heterocycles. The quantitative estimate of drug-likeness (QED) is 0.0978. The average molecular weight is 662 g/mol. The molecule has 6 rings (SSSR count). The van der Waals surface area contributed by atoms with Crippen LogP contribution < -0.4 is 5.32 Å². The van der Waals surface area contributed by atoms with Gasteiger partial charge in [-0.2, -0.15) is 0 Å². The first kappa shape index (κ1) is 35.7. The van der Waals surface area contributed by atoms with E-state index in [1.54, 1.807) is 11.1 Å². The minimum Gasteiger partial charge on any atom is -0.356 e. The zero-order chi connectivity index (χ0) is 35.0. The Morgan fingerprint density at radius 1 is 0.480 bits per heavy atom. The molecule has 0 unspecified atom stereocenters. The molecule has 260 valence electrons. The van der Waals surface area contributed by atoms with E-state index in [4.69, 9.17) is 0 Å². The van der Waals surface area contributed by atoms with E-state index in [1.165, 1.54) is 103 Å². The molecular formula is C49H59N. The Kier molecular flexibility index (Phi) is 11.6. The second kappa shape index (κ2) is 16.3. The normalized spacial score (nSPS) is 13.2. The summed E-state index contributed by atoms with van der Waals surface area (Å²) in [5, 5.41) is 3.55. The first-order valence-corrected chi connectivity index (χ1v) is 19.8. The zero-order valence-electron chi connectivity index (χ0n) is 31.5. The fourth-order valence-corrected chi connectivity index (χ4v) is 8.38. The summed E-state index contributed by atoms with van der Waals surface area (Å²) < 4.78 is 0. The number of anilines is 2. The average Bonchev–Trinajstić information content (AvgIpc) is 3.43. The Hall–Kier alpha value is -4.10. The molecule has 50 heavy (non-hydrogen) atoms. The van der Waals surface area contributed by atoms with Gasteiger partial charge >= 0.3 is 0 Å². The molecule has 0 spiro atoms. The van der Waals surface area contributed by atoms with Crippen LogP contribution in [0.2, 0.25) is 0 Å². The van der Waals surface area contributed by atoms with E-state index in [0.29, 0.717) is 0 Å². The molecule has 0 aromatic heterocycles. The highest BCUT2D eigenvalue weighted by Crippen LogP contribution is 2.56. The fraction of sp³-hybridized carbons (Fsp3) is 0.388. The van der Waals surface area contributed by atoms with Crippen LogP contribution in [-0.2, 0) is 10.8 Å². The number of benzene rings is 5. The second-order valence-corrected chi connectivity index (χ2v) is 15.1. The van der Waals surface area contributed by atoms with Gasteiger partial charge in [0.25, 0.3) is 0 Å². The molecule has 0 heterocycles. The maximum absolute atomic E-state index is 3.55. The molecule has 0 aliphatic heterocycles. The van der Waals surface area contributed by atoms with Crippen LogP contribution >= 0.6 is 0 Å². The van der Waals surface area contributed by atoms with Crippen molar-refractivity contribution in [1.29, 1.82) is 0 Å². The van der Waals surface area contributed by atoms with E-state index in [9.17, 15) is 0 Å². The SMILES string of the molecule is CCCCCCC1(CCCCCC)c2cc(-c3ccc(Nc4ccccc4)cc3)ccc2-c2ccc(-c3ccc(C(C)(CC)CC)cc3)cc21. The molecule has 0 fully saturated rings. The number of unbranched alkanes of at least 4 members (excludes halogenated alkanes) is 6. The molecule has 5 aromatic rings. The van der Waals surface area contributed by atoms with Gasteiger partial charge in [-0.15, -0.1) is 0 Å². The number of hydrogen-bond acceptors (Lipinski definition) is 1. The number of fused-ring (bicyclic) bond motifs is 3. The zero-order valence-corrected chi connectivity index (χ0v) is 31.5. The fourth-order valence-electron chi connectivity index (χ4n) is 8.38. The molecule has 5 aromatic carbocycles. The van der Waals surface area contributed by atoms with Gasteiger partial charge in [0, 0.05) is 16.8 Å². The standard InChI is InChI=1S/C49H59N/c1-6-10-12-17-33-49(34-18-13-11-7-2)46-35-39(37-21-27-41(28-22-37)48(5,8-3)9-4)25-31-44(46)45-32-26-40(36-47(45)49)38-23-29-43(30-24-38)50-42-19-15-14-16-20-42/h14-16,19-32,35-36,50H,6-13,17-18,33-34H2,1-5H3. The highest BCUT2D eigenvalue weighted by atomic mass is 14.9. The van der Waals surface area contributed by atoms with Crippen molar-refractivity contribution in [3.05, 3.63) is 132 Å². The molecule has 0 amide bonds. The van der Waals surface area contributed by atoms with Gasteiger partial charge in [0.15, 0.2) is 0 Å². The van der Waals surface area contributed by atoms with Crippen molar-refractivity contribution in [2.75, 3.05) is 5.32 Å². The molecule has 1 aliphatic carbocycles. The Morgan fingerprint density at radius 3 is 1.42 bits per heavy atom. The molecule has 1 N–H and O–H groups in total. The third kappa shape index (κ3) is 7.48. The molecule has 0 atom stereocenters. The smallest absolute Gasteiger partial charge is 0.0384 e. The van der Waals surface area contributed by atoms with Crippen LogP contribution in [-0.4, -0.2) is 0 Å². The van der Waals surface area contributed by atoms with Crippen molar-refractivity contribution in [2.45, 2.75) is 122 Å². The van der Waals surface area contributed by atoms with Gasteiger partial charge in [-0.3, -0.25) is 0 Å². The Bertz CT molecular complexity index is 1800. The maximum Gasteiger partial charge on any atom is 0.0384 e. The summed E-state index contributed by atoms with van der Waals surface area (Å²) in [6.45, 7) is 11.7. The van der Waals surface area contributed by atoms with Crippen LogP contribution in [0, 0.1) is 0 Å². The van der Waals surface area contributed by atoms with Crippen LogP contribution in [0.25, 0.3) is 33.4 Å². The summed E-state index contributed by atoms with van der Waals surface area (Å²) in [5.74, 6) is 0. The van der Waals surface area contributed by atoms with Crippen LogP contribution in [0.15, 0.2) is 115 Å². The summed E-state index contributed by atoms with van der Waals surface area (Å²) in [5.41, 5.74) is 15.3. The highest BCUT2D eigenvalue weighted by Gasteiger charge is 2.42. The molecule has 0 bridgehead atoms. The monoisotopic (exact) mass is 661 g/mol. The van der Waals surface area contributed by atoms with Gasteiger partial charge < -0.3 is 5.32 Å². The third-order valence-electron chi connectivity index (χ3n) is 12.0. The van der Waals surface area contributed by atoms with Crippen LogP contribution in [0.3, 0.4) is 0 Å². The maximum atomic E-state index is 3.55. The summed E-state index contributed by atoms with van der Waals surface area (Å²) in [4.78, 5) is 0. The van der Waals surface area contributed by atoms with E-state index in [2.05, 4.69) is 155 Å². The second-order valence-electron chi connectivity index (χ2n) is 15.1. The van der Waals surface area contributed by atoms with Crippen molar-refractivity contribution >= 4 is 11.4 Å². The van der Waals surface area contributed by atoms with Gasteiger partial charge in [-0.1, -0.05) is 165 Å². The Balaban J connectivity index is 1.40. The van der Waals surface area contributed by atoms with E-state index < -0.39 is 0 Å². The number of hydrogen-bond donors (Lipinski definition) is 1. The van der Waals surface area contributed by atoms with E-state index in [0.717, 1.165) is 24.2 Å². The first-order chi connectivity index (χ1) is 24.4. The van der Waals surface area contributed by atoms with Gasteiger partial charge in [0.2, 0.25) is 0 Å². The first-order valence-electron chi connectivity index (χ1n) is 19.8. The van der Waals surface area contributed by atoms with Crippen molar-refractivity contribution in [2.24, 2.45) is 0 Å². The lowest BCUT2D eigenvalue weighted by Gasteiger charge is -2.33. The lowest BCUT2D eigenvalue weighted by molar-refractivity contribution is 0.401. The van der Waals surface area contributed by atoms with E-state index in [-0.39, 0.29) is 10.8 Å². The number of para-hydroxylation sites is 1. The van der Waals surface area contributed by atoms with Gasteiger partial charge in [-0.05, 0) is 118 Å². The summed E-state index contributed by atoms with van der Waals surface area (Å²) >= 11 is 0. The van der Waals surface area contributed by atoms with Gasteiger partial charge in [-0.25, -0.2) is 0 Å². The molecule has 1 nitrogen and oxygen atoms in total. The van der Waals surface area contributed by atoms with Crippen molar-refractivity contribution in [3.63, 3.8) is 0 Å². The minimum absolute atomic E-state index is 0.0376. The molecule has 0 saturated carbocycles. The van der Waals surface area contributed by atoms with Crippen molar-refractivity contribution in [3.8, 4) is 33.4 Å². The van der Waals surface area contributed by atoms with Crippen molar-refractivity contribution < 1.29 is 0 Å². The number of rotatable bonds is 17. The molecule has 1 heteroatoms. The lowest BCUT2D eigenvalue weighted by Crippen LogP contribution is -2.25. The van der Waals surface area contributed by atoms with Crippen LogP contribution in [0.5, 0.6) is 0 Å².